The lowest BCUT2D eigenvalue weighted by Gasteiger charge is -2.36. The van der Waals surface area contributed by atoms with Gasteiger partial charge in [-0.2, -0.15) is 0 Å². The van der Waals surface area contributed by atoms with Gasteiger partial charge in [0.2, 0.25) is 0 Å². The highest BCUT2D eigenvalue weighted by molar-refractivity contribution is 5.81. The van der Waals surface area contributed by atoms with Crippen molar-refractivity contribution in [2.45, 2.75) is 38.8 Å². The molecule has 5 heteroatoms. The smallest absolute Gasteiger partial charge is 0.133 e. The summed E-state index contributed by atoms with van der Waals surface area (Å²) >= 11 is 0. The van der Waals surface area contributed by atoms with Gasteiger partial charge in [0, 0.05) is 69.3 Å². The molecule has 5 nitrogen and oxygen atoms in total. The SMILES string of the molecule is CC(CNCc1cc2ccccc2nc1N1CCCCC1)N1CCN(C)CC1. The van der Waals surface area contributed by atoms with Crippen molar-refractivity contribution < 1.29 is 0 Å². The number of hydrogen-bond donors (Lipinski definition) is 1. The zero-order valence-electron chi connectivity index (χ0n) is 17.5. The number of nitrogens with zero attached hydrogens (tertiary/aromatic N) is 4. The molecule has 2 saturated heterocycles. The van der Waals surface area contributed by atoms with Crippen LogP contribution in [-0.2, 0) is 6.54 Å². The molecule has 2 aromatic rings. The third-order valence-corrected chi connectivity index (χ3v) is 6.35. The Morgan fingerprint density at radius 1 is 1.00 bits per heavy atom. The van der Waals surface area contributed by atoms with Crippen molar-refractivity contribution in [2.24, 2.45) is 0 Å². The van der Waals surface area contributed by atoms with E-state index in [9.17, 15) is 0 Å². The summed E-state index contributed by atoms with van der Waals surface area (Å²) in [5.41, 5.74) is 2.45. The number of nitrogens with one attached hydrogen (secondary N) is 1. The van der Waals surface area contributed by atoms with Crippen LogP contribution in [0.2, 0.25) is 0 Å². The fourth-order valence-corrected chi connectivity index (χ4v) is 4.47. The molecule has 0 amide bonds. The summed E-state index contributed by atoms with van der Waals surface area (Å²) in [4.78, 5) is 12.6. The number of benzene rings is 1. The van der Waals surface area contributed by atoms with Gasteiger partial charge in [-0.05, 0) is 45.4 Å². The van der Waals surface area contributed by atoms with Crippen molar-refractivity contribution in [2.75, 3.05) is 57.8 Å². The van der Waals surface area contributed by atoms with Crippen LogP contribution >= 0.6 is 0 Å². The van der Waals surface area contributed by atoms with Gasteiger partial charge in [-0.25, -0.2) is 4.98 Å². The van der Waals surface area contributed by atoms with Gasteiger partial charge in [0.25, 0.3) is 0 Å². The number of rotatable bonds is 6. The number of piperazine rings is 1. The molecule has 28 heavy (non-hydrogen) atoms. The number of aromatic nitrogens is 1. The van der Waals surface area contributed by atoms with E-state index in [4.69, 9.17) is 4.98 Å². The average Bonchev–Trinajstić information content (AvgIpc) is 2.74. The quantitative estimate of drug-likeness (QED) is 0.832. The maximum absolute atomic E-state index is 5.06. The third-order valence-electron chi connectivity index (χ3n) is 6.35. The van der Waals surface area contributed by atoms with Crippen LogP contribution in [0.25, 0.3) is 10.9 Å². The minimum absolute atomic E-state index is 0.570. The van der Waals surface area contributed by atoms with Gasteiger partial charge >= 0.3 is 0 Å². The Balaban J connectivity index is 1.44. The molecule has 1 unspecified atom stereocenters. The molecule has 3 heterocycles. The standard InChI is InChI=1S/C23H35N5/c1-19(27-14-12-26(2)13-15-27)17-24-18-21-16-20-8-4-5-9-22(20)25-23(21)28-10-6-3-7-11-28/h4-5,8-9,16,19,24H,3,6-7,10-15,17-18H2,1-2H3. The zero-order chi connectivity index (χ0) is 19.3. The number of para-hydroxylation sites is 1. The van der Waals surface area contributed by atoms with Gasteiger partial charge in [0.15, 0.2) is 0 Å². The van der Waals surface area contributed by atoms with Crippen LogP contribution in [0.1, 0.15) is 31.7 Å². The first kappa shape index (κ1) is 19.6. The highest BCUT2D eigenvalue weighted by Gasteiger charge is 2.20. The Hall–Kier alpha value is -1.69. The predicted octanol–water partition coefficient (Wildman–Crippen LogP) is 2.95. The number of anilines is 1. The van der Waals surface area contributed by atoms with Crippen LogP contribution in [0.5, 0.6) is 0 Å². The van der Waals surface area contributed by atoms with Crippen LogP contribution in [-0.4, -0.2) is 73.7 Å². The topological polar surface area (TPSA) is 34.6 Å². The first-order chi connectivity index (χ1) is 13.7. The van der Waals surface area contributed by atoms with E-state index in [0.29, 0.717) is 6.04 Å². The predicted molar refractivity (Wildman–Crippen MR) is 118 cm³/mol. The van der Waals surface area contributed by atoms with Gasteiger partial charge < -0.3 is 15.1 Å². The molecule has 4 rings (SSSR count). The monoisotopic (exact) mass is 381 g/mol. The van der Waals surface area contributed by atoms with Crippen molar-refractivity contribution in [3.8, 4) is 0 Å². The van der Waals surface area contributed by atoms with Crippen LogP contribution < -0.4 is 10.2 Å². The minimum Gasteiger partial charge on any atom is -0.356 e. The van der Waals surface area contributed by atoms with Gasteiger partial charge in [-0.1, -0.05) is 18.2 Å². The molecule has 2 aliphatic heterocycles. The second kappa shape index (κ2) is 9.21. The largest absolute Gasteiger partial charge is 0.356 e. The first-order valence-electron chi connectivity index (χ1n) is 11.0. The summed E-state index contributed by atoms with van der Waals surface area (Å²) in [5.74, 6) is 1.19. The Morgan fingerprint density at radius 3 is 2.54 bits per heavy atom. The summed E-state index contributed by atoms with van der Waals surface area (Å²) < 4.78 is 0. The first-order valence-corrected chi connectivity index (χ1v) is 11.0. The van der Waals surface area contributed by atoms with Crippen LogP contribution in [0.15, 0.2) is 30.3 Å². The number of pyridine rings is 1. The Morgan fingerprint density at radius 2 is 1.75 bits per heavy atom. The maximum Gasteiger partial charge on any atom is 0.133 e. The van der Waals surface area contributed by atoms with E-state index in [1.807, 2.05) is 0 Å². The number of piperidine rings is 1. The zero-order valence-corrected chi connectivity index (χ0v) is 17.5. The summed E-state index contributed by atoms with van der Waals surface area (Å²) in [6.07, 6.45) is 3.91. The molecular weight excluding hydrogens is 346 g/mol. The molecule has 1 aromatic carbocycles. The normalized spacial score (nSPS) is 20.6. The fraction of sp³-hybridized carbons (Fsp3) is 0.609. The summed E-state index contributed by atoms with van der Waals surface area (Å²) in [6.45, 7) is 11.2. The van der Waals surface area contributed by atoms with E-state index < -0.39 is 0 Å². The highest BCUT2D eigenvalue weighted by Crippen LogP contribution is 2.26. The van der Waals surface area contributed by atoms with Crippen molar-refractivity contribution in [3.05, 3.63) is 35.9 Å². The summed E-state index contributed by atoms with van der Waals surface area (Å²) in [5, 5.41) is 4.97. The molecule has 1 aromatic heterocycles. The molecule has 0 radical (unpaired) electrons. The van der Waals surface area contributed by atoms with Crippen molar-refractivity contribution >= 4 is 16.7 Å². The lowest BCUT2D eigenvalue weighted by atomic mass is 10.1. The molecule has 152 valence electrons. The number of hydrogen-bond acceptors (Lipinski definition) is 5. The molecule has 0 saturated carbocycles. The van der Waals surface area contributed by atoms with E-state index in [-0.39, 0.29) is 0 Å². The van der Waals surface area contributed by atoms with Crippen LogP contribution in [0.3, 0.4) is 0 Å². The second-order valence-electron chi connectivity index (χ2n) is 8.53. The average molecular weight is 382 g/mol. The van der Waals surface area contributed by atoms with Crippen molar-refractivity contribution in [3.63, 3.8) is 0 Å². The van der Waals surface area contributed by atoms with Gasteiger partial charge in [-0.15, -0.1) is 0 Å². The van der Waals surface area contributed by atoms with E-state index in [1.165, 1.54) is 62.2 Å². The van der Waals surface area contributed by atoms with E-state index in [2.05, 4.69) is 64.3 Å². The highest BCUT2D eigenvalue weighted by atomic mass is 15.3. The molecule has 1 N–H and O–H groups in total. The summed E-state index contributed by atoms with van der Waals surface area (Å²) in [6, 6.07) is 11.4. The molecule has 2 fully saturated rings. The molecule has 0 bridgehead atoms. The Bertz CT molecular complexity index is 763. The number of fused-ring (bicyclic) bond motifs is 1. The molecule has 0 spiro atoms. The second-order valence-corrected chi connectivity index (χ2v) is 8.53. The van der Waals surface area contributed by atoms with Gasteiger partial charge in [0.1, 0.15) is 5.82 Å². The Labute approximate surface area is 169 Å². The summed E-state index contributed by atoms with van der Waals surface area (Å²) in [7, 11) is 2.22. The lowest BCUT2D eigenvalue weighted by molar-refractivity contribution is 0.118. The molecule has 0 aliphatic carbocycles. The number of likely N-dealkylation sites (N-methyl/N-ethyl adjacent to an activating group) is 1. The minimum atomic E-state index is 0.570. The van der Waals surface area contributed by atoms with Crippen LogP contribution in [0.4, 0.5) is 5.82 Å². The van der Waals surface area contributed by atoms with Crippen molar-refractivity contribution in [1.29, 1.82) is 0 Å². The van der Waals surface area contributed by atoms with Gasteiger partial charge in [0.05, 0.1) is 5.52 Å². The van der Waals surface area contributed by atoms with E-state index in [0.717, 1.165) is 31.7 Å². The maximum atomic E-state index is 5.06. The van der Waals surface area contributed by atoms with Crippen LogP contribution in [0, 0.1) is 0 Å². The molecule has 1 atom stereocenters. The van der Waals surface area contributed by atoms with E-state index in [1.54, 1.807) is 0 Å². The Kier molecular flexibility index (Phi) is 6.45. The fourth-order valence-electron chi connectivity index (χ4n) is 4.47. The molecular formula is C23H35N5. The van der Waals surface area contributed by atoms with E-state index >= 15 is 0 Å². The lowest BCUT2D eigenvalue weighted by Crippen LogP contribution is -2.50. The van der Waals surface area contributed by atoms with Crippen molar-refractivity contribution in [1.82, 2.24) is 20.1 Å². The third kappa shape index (κ3) is 4.65. The van der Waals surface area contributed by atoms with Gasteiger partial charge in [-0.3, -0.25) is 4.90 Å². The molecule has 2 aliphatic rings.